The van der Waals surface area contributed by atoms with Gasteiger partial charge in [-0.3, -0.25) is 4.68 Å². The standard InChI is InChI=1S/C21H28N6O4/c1-21(5-6-21)30-20(28)25-7-2-14(3-8-25)18-23-19(31-24-18)26-9-4-15-10-22-27(17(15)11-26)16-12-29-13-16/h10,14,16H,2-9,11-13H2,1H3. The first kappa shape index (κ1) is 19.1. The molecule has 0 spiro atoms. The number of nitrogens with zero attached hydrogens (tertiary/aromatic N) is 6. The molecule has 0 radical (unpaired) electrons. The third kappa shape index (κ3) is 3.56. The van der Waals surface area contributed by atoms with Gasteiger partial charge in [0.05, 0.1) is 37.7 Å². The van der Waals surface area contributed by atoms with E-state index in [9.17, 15) is 4.79 Å². The van der Waals surface area contributed by atoms with Crippen molar-refractivity contribution < 1.29 is 18.8 Å². The Bertz CT molecular complexity index is 970. The minimum absolute atomic E-state index is 0.190. The van der Waals surface area contributed by atoms with E-state index >= 15 is 0 Å². The molecule has 0 bridgehead atoms. The Labute approximate surface area is 180 Å². The lowest BCUT2D eigenvalue weighted by Gasteiger charge is -2.31. The average molecular weight is 428 g/mol. The first-order chi connectivity index (χ1) is 15.1. The van der Waals surface area contributed by atoms with Gasteiger partial charge in [0, 0.05) is 25.6 Å². The summed E-state index contributed by atoms with van der Waals surface area (Å²) in [6, 6.07) is 0.906. The van der Waals surface area contributed by atoms with E-state index in [0.717, 1.165) is 64.2 Å². The fraction of sp³-hybridized carbons (Fsp3) is 0.714. The van der Waals surface area contributed by atoms with Gasteiger partial charge >= 0.3 is 12.1 Å². The second kappa shape index (κ2) is 7.22. The maximum Gasteiger partial charge on any atom is 0.410 e. The fourth-order valence-corrected chi connectivity index (χ4v) is 4.56. The van der Waals surface area contributed by atoms with Crippen LogP contribution in [0.2, 0.25) is 0 Å². The van der Waals surface area contributed by atoms with Crippen LogP contribution in [0.1, 0.15) is 61.6 Å². The summed E-state index contributed by atoms with van der Waals surface area (Å²) in [6.45, 7) is 6.34. The van der Waals surface area contributed by atoms with Gasteiger partial charge in [0.2, 0.25) is 0 Å². The molecule has 4 aliphatic rings. The zero-order chi connectivity index (χ0) is 21.0. The van der Waals surface area contributed by atoms with Crippen LogP contribution in [0.4, 0.5) is 10.8 Å². The molecule has 0 unspecified atom stereocenters. The Morgan fingerprint density at radius 2 is 2.03 bits per heavy atom. The molecule has 1 aliphatic carbocycles. The van der Waals surface area contributed by atoms with Crippen molar-refractivity contribution in [3.8, 4) is 0 Å². The Hall–Kier alpha value is -2.62. The van der Waals surface area contributed by atoms with Gasteiger partial charge in [0.1, 0.15) is 5.60 Å². The normalized spacial score (nSPS) is 23.4. The first-order valence-electron chi connectivity index (χ1n) is 11.3. The van der Waals surface area contributed by atoms with Crippen LogP contribution in [0.15, 0.2) is 10.7 Å². The Morgan fingerprint density at radius 1 is 1.23 bits per heavy atom. The van der Waals surface area contributed by atoms with Gasteiger partial charge in [0.15, 0.2) is 5.82 Å². The highest BCUT2D eigenvalue weighted by molar-refractivity contribution is 5.68. The summed E-state index contributed by atoms with van der Waals surface area (Å²) in [4.78, 5) is 21.0. The SMILES string of the molecule is CC1(OC(=O)N2CCC(c3noc(N4CCc5cnn(C6COC6)c5C4)n3)CC2)CC1. The van der Waals surface area contributed by atoms with Crippen molar-refractivity contribution >= 4 is 12.1 Å². The summed E-state index contributed by atoms with van der Waals surface area (Å²) >= 11 is 0. The van der Waals surface area contributed by atoms with Crippen LogP contribution >= 0.6 is 0 Å². The van der Waals surface area contributed by atoms with Gasteiger partial charge in [-0.1, -0.05) is 5.16 Å². The molecule has 1 saturated carbocycles. The molecule has 3 fully saturated rings. The molecule has 10 heteroatoms. The van der Waals surface area contributed by atoms with Gasteiger partial charge in [-0.2, -0.15) is 10.1 Å². The molecular weight excluding hydrogens is 400 g/mol. The van der Waals surface area contributed by atoms with Crippen molar-refractivity contribution in [2.75, 3.05) is 37.7 Å². The average Bonchev–Trinajstić information content (AvgIpc) is 3.15. The minimum Gasteiger partial charge on any atom is -0.443 e. The lowest BCUT2D eigenvalue weighted by Crippen LogP contribution is -2.40. The van der Waals surface area contributed by atoms with E-state index in [1.807, 2.05) is 13.1 Å². The van der Waals surface area contributed by atoms with Crippen LogP contribution in [-0.4, -0.2) is 69.4 Å². The third-order valence-corrected chi connectivity index (χ3v) is 7.05. The number of amides is 1. The predicted molar refractivity (Wildman–Crippen MR) is 109 cm³/mol. The van der Waals surface area contributed by atoms with Gasteiger partial charge < -0.3 is 23.8 Å². The van der Waals surface area contributed by atoms with Crippen molar-refractivity contribution in [2.24, 2.45) is 0 Å². The van der Waals surface area contributed by atoms with Crippen molar-refractivity contribution in [2.45, 2.75) is 63.1 Å². The largest absolute Gasteiger partial charge is 0.443 e. The molecule has 0 aromatic carbocycles. The van der Waals surface area contributed by atoms with Crippen molar-refractivity contribution in [1.82, 2.24) is 24.8 Å². The molecule has 0 atom stereocenters. The molecule has 2 aromatic rings. The maximum absolute atomic E-state index is 12.3. The number of hydrogen-bond acceptors (Lipinski definition) is 8. The molecule has 2 saturated heterocycles. The Morgan fingerprint density at radius 3 is 2.74 bits per heavy atom. The van der Waals surface area contributed by atoms with Crippen LogP contribution < -0.4 is 4.90 Å². The van der Waals surface area contributed by atoms with E-state index in [0.29, 0.717) is 25.1 Å². The third-order valence-electron chi connectivity index (χ3n) is 7.05. The maximum atomic E-state index is 12.3. The Kier molecular flexibility index (Phi) is 4.45. The lowest BCUT2D eigenvalue weighted by molar-refractivity contribution is -0.0299. The van der Waals surface area contributed by atoms with Crippen LogP contribution in [-0.2, 0) is 22.4 Å². The number of likely N-dealkylation sites (tertiary alicyclic amines) is 1. The highest BCUT2D eigenvalue weighted by Gasteiger charge is 2.43. The molecule has 10 nitrogen and oxygen atoms in total. The number of aromatic nitrogens is 4. The predicted octanol–water partition coefficient (Wildman–Crippen LogP) is 2.27. The van der Waals surface area contributed by atoms with Crippen molar-refractivity contribution in [3.05, 3.63) is 23.3 Å². The molecule has 166 valence electrons. The zero-order valence-electron chi connectivity index (χ0n) is 17.8. The monoisotopic (exact) mass is 428 g/mol. The second-order valence-corrected chi connectivity index (χ2v) is 9.44. The lowest BCUT2D eigenvalue weighted by atomic mass is 9.96. The summed E-state index contributed by atoms with van der Waals surface area (Å²) in [6.07, 6.45) is 6.28. The van der Waals surface area contributed by atoms with E-state index in [1.165, 1.54) is 11.3 Å². The van der Waals surface area contributed by atoms with Gasteiger partial charge in [-0.05, 0) is 44.6 Å². The summed E-state index contributed by atoms with van der Waals surface area (Å²) in [5.41, 5.74) is 2.28. The number of fused-ring (bicyclic) bond motifs is 1. The number of hydrogen-bond donors (Lipinski definition) is 0. The van der Waals surface area contributed by atoms with Crippen LogP contribution in [0.5, 0.6) is 0 Å². The molecule has 3 aliphatic heterocycles. The van der Waals surface area contributed by atoms with E-state index < -0.39 is 0 Å². The number of carbonyl (C=O) groups is 1. The molecular formula is C21H28N6O4. The van der Waals surface area contributed by atoms with Gasteiger partial charge in [0.25, 0.3) is 0 Å². The quantitative estimate of drug-likeness (QED) is 0.731. The number of piperidine rings is 1. The molecule has 1 amide bonds. The minimum atomic E-state index is -0.230. The molecule has 2 aromatic heterocycles. The number of anilines is 1. The number of rotatable bonds is 4. The first-order valence-corrected chi connectivity index (χ1v) is 11.3. The van der Waals surface area contributed by atoms with E-state index in [-0.39, 0.29) is 17.6 Å². The summed E-state index contributed by atoms with van der Waals surface area (Å²) in [7, 11) is 0. The molecule has 6 rings (SSSR count). The van der Waals surface area contributed by atoms with Crippen molar-refractivity contribution in [3.63, 3.8) is 0 Å². The van der Waals surface area contributed by atoms with E-state index in [2.05, 4.69) is 19.8 Å². The highest BCUT2D eigenvalue weighted by atomic mass is 16.6. The second-order valence-electron chi connectivity index (χ2n) is 9.44. The van der Waals surface area contributed by atoms with Gasteiger partial charge in [-0.15, -0.1) is 0 Å². The number of carbonyl (C=O) groups excluding carboxylic acids is 1. The van der Waals surface area contributed by atoms with Crippen LogP contribution in [0.25, 0.3) is 0 Å². The summed E-state index contributed by atoms with van der Waals surface area (Å²) in [5, 5.41) is 8.85. The summed E-state index contributed by atoms with van der Waals surface area (Å²) in [5.74, 6) is 0.944. The highest BCUT2D eigenvalue weighted by Crippen LogP contribution is 2.39. The smallest absolute Gasteiger partial charge is 0.410 e. The molecule has 5 heterocycles. The van der Waals surface area contributed by atoms with E-state index in [4.69, 9.17) is 19.0 Å². The number of ether oxygens (including phenoxy) is 2. The van der Waals surface area contributed by atoms with Crippen LogP contribution in [0, 0.1) is 0 Å². The van der Waals surface area contributed by atoms with Crippen LogP contribution in [0.3, 0.4) is 0 Å². The summed E-state index contributed by atoms with van der Waals surface area (Å²) < 4.78 is 18.7. The van der Waals surface area contributed by atoms with Gasteiger partial charge in [-0.25, -0.2) is 4.79 Å². The van der Waals surface area contributed by atoms with E-state index in [1.54, 1.807) is 4.90 Å². The van der Waals surface area contributed by atoms with Crippen molar-refractivity contribution in [1.29, 1.82) is 0 Å². The molecule has 31 heavy (non-hydrogen) atoms. The zero-order valence-corrected chi connectivity index (χ0v) is 17.8. The fourth-order valence-electron chi connectivity index (χ4n) is 4.56. The Balaban J connectivity index is 1.08. The molecule has 0 N–H and O–H groups in total. The topological polar surface area (TPSA) is 98.8 Å².